The monoisotopic (exact) mass is 406 g/mol. The lowest BCUT2D eigenvalue weighted by Crippen LogP contribution is -2.43. The number of hydrogen-bond donors (Lipinski definition) is 1. The van der Waals surface area contributed by atoms with E-state index in [1.165, 1.54) is 0 Å². The summed E-state index contributed by atoms with van der Waals surface area (Å²) in [5.74, 6) is 0.175. The number of thioether (sulfide) groups is 1. The van der Waals surface area contributed by atoms with Gasteiger partial charge in [-0.2, -0.15) is 11.8 Å². The number of nitrogens with zero attached hydrogens (tertiary/aromatic N) is 1. The maximum atomic E-state index is 12.5. The Balaban J connectivity index is 2.04. The van der Waals surface area contributed by atoms with Gasteiger partial charge >= 0.3 is 5.97 Å². The second-order valence-corrected chi connectivity index (χ2v) is 8.64. The molecule has 1 unspecified atom stereocenters. The Labute approximate surface area is 168 Å². The van der Waals surface area contributed by atoms with E-state index < -0.39 is 6.04 Å². The largest absolute Gasteiger partial charge is 0.461 e. The summed E-state index contributed by atoms with van der Waals surface area (Å²) >= 11 is 3.20. The van der Waals surface area contributed by atoms with Crippen LogP contribution in [0.2, 0.25) is 0 Å². The maximum Gasteiger partial charge on any atom is 0.328 e. The summed E-state index contributed by atoms with van der Waals surface area (Å²) in [6, 6.07) is 9.28. The van der Waals surface area contributed by atoms with E-state index in [0.717, 1.165) is 26.9 Å². The summed E-state index contributed by atoms with van der Waals surface area (Å²) < 4.78 is 5.27. The number of rotatable bonds is 9. The van der Waals surface area contributed by atoms with Crippen molar-refractivity contribution >= 4 is 35.0 Å². The highest BCUT2D eigenvalue weighted by atomic mass is 32.2. The molecular weight excluding hydrogens is 380 g/mol. The van der Waals surface area contributed by atoms with Gasteiger partial charge in [-0.05, 0) is 39.2 Å². The fourth-order valence-electron chi connectivity index (χ4n) is 2.49. The highest BCUT2D eigenvalue weighted by molar-refractivity contribution is 7.98. The Bertz CT molecular complexity index is 760. The highest BCUT2D eigenvalue weighted by Gasteiger charge is 2.23. The molecule has 0 saturated carbocycles. The molecule has 0 spiro atoms. The van der Waals surface area contributed by atoms with Gasteiger partial charge in [0.1, 0.15) is 11.0 Å². The molecule has 1 N–H and O–H groups in total. The number of thiazole rings is 1. The summed E-state index contributed by atoms with van der Waals surface area (Å²) in [5.41, 5.74) is 1.79. The molecule has 1 heterocycles. The van der Waals surface area contributed by atoms with Gasteiger partial charge < -0.3 is 10.1 Å². The first kappa shape index (κ1) is 21.4. The van der Waals surface area contributed by atoms with Crippen molar-refractivity contribution in [3.05, 3.63) is 40.9 Å². The minimum absolute atomic E-state index is 0.153. The lowest BCUT2D eigenvalue weighted by atomic mass is 10.2. The summed E-state index contributed by atoms with van der Waals surface area (Å²) in [7, 11) is 0. The molecule has 2 aromatic rings. The van der Waals surface area contributed by atoms with Crippen molar-refractivity contribution in [3.63, 3.8) is 0 Å². The molecule has 27 heavy (non-hydrogen) atoms. The third-order valence-electron chi connectivity index (χ3n) is 3.82. The van der Waals surface area contributed by atoms with Gasteiger partial charge in [-0.15, -0.1) is 11.3 Å². The van der Waals surface area contributed by atoms with Crippen molar-refractivity contribution in [3.8, 4) is 10.6 Å². The van der Waals surface area contributed by atoms with Crippen LogP contribution in [-0.4, -0.2) is 41.0 Å². The Kier molecular flexibility index (Phi) is 8.31. The molecular formula is C20H26N2O3S2. The van der Waals surface area contributed by atoms with Crippen molar-refractivity contribution in [1.29, 1.82) is 0 Å². The number of benzene rings is 1. The van der Waals surface area contributed by atoms with Gasteiger partial charge in [0.2, 0.25) is 5.91 Å². The molecule has 1 aromatic heterocycles. The predicted octanol–water partition coefficient (Wildman–Crippen LogP) is 3.85. The Hall–Kier alpha value is -1.86. The third-order valence-corrected chi connectivity index (χ3v) is 5.53. The van der Waals surface area contributed by atoms with Crippen LogP contribution in [0.25, 0.3) is 10.6 Å². The van der Waals surface area contributed by atoms with Crippen molar-refractivity contribution in [2.75, 3.05) is 12.0 Å². The van der Waals surface area contributed by atoms with E-state index in [-0.39, 0.29) is 24.4 Å². The summed E-state index contributed by atoms with van der Waals surface area (Å²) in [6.07, 6.45) is 2.46. The topological polar surface area (TPSA) is 68.3 Å². The minimum atomic E-state index is -0.625. The number of nitrogens with one attached hydrogen (secondary N) is 1. The Morgan fingerprint density at radius 3 is 2.59 bits per heavy atom. The van der Waals surface area contributed by atoms with E-state index in [2.05, 4.69) is 10.3 Å². The minimum Gasteiger partial charge on any atom is -0.461 e. The molecule has 1 aromatic carbocycles. The van der Waals surface area contributed by atoms with Gasteiger partial charge in [0.25, 0.3) is 0 Å². The van der Waals surface area contributed by atoms with E-state index >= 15 is 0 Å². The van der Waals surface area contributed by atoms with Crippen LogP contribution in [0.15, 0.2) is 30.3 Å². The van der Waals surface area contributed by atoms with E-state index in [9.17, 15) is 9.59 Å². The molecule has 0 bridgehead atoms. The summed E-state index contributed by atoms with van der Waals surface area (Å²) in [6.45, 7) is 5.56. The molecule has 0 radical (unpaired) electrons. The normalized spacial score (nSPS) is 12.0. The molecule has 1 atom stereocenters. The van der Waals surface area contributed by atoms with E-state index in [1.807, 2.05) is 43.5 Å². The molecule has 2 rings (SSSR count). The number of hydrogen-bond acceptors (Lipinski definition) is 6. The van der Waals surface area contributed by atoms with Crippen LogP contribution >= 0.6 is 23.1 Å². The van der Waals surface area contributed by atoms with Gasteiger partial charge in [0.15, 0.2) is 0 Å². The van der Waals surface area contributed by atoms with Gasteiger partial charge in [-0.3, -0.25) is 4.79 Å². The average molecular weight is 407 g/mol. The van der Waals surface area contributed by atoms with Crippen molar-refractivity contribution in [2.24, 2.45) is 0 Å². The average Bonchev–Trinajstić information content (AvgIpc) is 2.99. The van der Waals surface area contributed by atoms with Crippen molar-refractivity contribution in [1.82, 2.24) is 10.3 Å². The molecule has 7 heteroatoms. The molecule has 1 amide bonds. The second kappa shape index (κ2) is 10.5. The first-order valence-electron chi connectivity index (χ1n) is 8.91. The SMILES string of the molecule is CSCCC(NC(=O)Cc1nc(-c2ccccc2)sc1C)C(=O)OC(C)C. The van der Waals surface area contributed by atoms with Gasteiger partial charge in [0.05, 0.1) is 18.2 Å². The van der Waals surface area contributed by atoms with Crippen LogP contribution in [0.4, 0.5) is 0 Å². The third kappa shape index (κ3) is 6.66. The van der Waals surface area contributed by atoms with Crippen molar-refractivity contribution < 1.29 is 14.3 Å². The first-order valence-corrected chi connectivity index (χ1v) is 11.1. The molecule has 5 nitrogen and oxygen atoms in total. The Morgan fingerprint density at radius 2 is 1.96 bits per heavy atom. The molecule has 0 saturated heterocycles. The fourth-order valence-corrected chi connectivity index (χ4v) is 3.90. The second-order valence-electron chi connectivity index (χ2n) is 6.45. The van der Waals surface area contributed by atoms with Gasteiger partial charge in [0, 0.05) is 10.4 Å². The smallest absolute Gasteiger partial charge is 0.328 e. The number of amides is 1. The van der Waals surface area contributed by atoms with E-state index in [4.69, 9.17) is 4.74 Å². The number of aryl methyl sites for hydroxylation is 1. The number of carbonyl (C=O) groups is 2. The van der Waals surface area contributed by atoms with Crippen LogP contribution in [-0.2, 0) is 20.7 Å². The van der Waals surface area contributed by atoms with Crippen LogP contribution < -0.4 is 5.32 Å². The maximum absolute atomic E-state index is 12.5. The number of carbonyl (C=O) groups excluding carboxylic acids is 2. The van der Waals surface area contributed by atoms with Crippen LogP contribution in [0.5, 0.6) is 0 Å². The van der Waals surface area contributed by atoms with Crippen molar-refractivity contribution in [2.45, 2.75) is 45.8 Å². The first-order chi connectivity index (χ1) is 12.9. The molecule has 146 valence electrons. The number of aromatic nitrogens is 1. The highest BCUT2D eigenvalue weighted by Crippen LogP contribution is 2.27. The van der Waals surface area contributed by atoms with E-state index in [1.54, 1.807) is 36.9 Å². The molecule has 0 aliphatic rings. The predicted molar refractivity (Wildman–Crippen MR) is 112 cm³/mol. The number of ether oxygens (including phenoxy) is 1. The zero-order chi connectivity index (χ0) is 19.8. The van der Waals surface area contributed by atoms with Gasteiger partial charge in [-0.25, -0.2) is 9.78 Å². The molecule has 0 fully saturated rings. The zero-order valence-electron chi connectivity index (χ0n) is 16.2. The lowest BCUT2D eigenvalue weighted by Gasteiger charge is -2.18. The van der Waals surface area contributed by atoms with Crippen LogP contribution in [0.3, 0.4) is 0 Å². The van der Waals surface area contributed by atoms with Crippen LogP contribution in [0.1, 0.15) is 30.8 Å². The summed E-state index contributed by atoms with van der Waals surface area (Å²) in [5, 5.41) is 3.72. The fraction of sp³-hybridized carbons (Fsp3) is 0.450. The quantitative estimate of drug-likeness (QED) is 0.641. The zero-order valence-corrected chi connectivity index (χ0v) is 17.8. The Morgan fingerprint density at radius 1 is 1.26 bits per heavy atom. The van der Waals surface area contributed by atoms with Gasteiger partial charge in [-0.1, -0.05) is 30.3 Å². The standard InChI is InChI=1S/C20H26N2O3S2/c1-13(2)25-20(24)16(10-11-26-4)21-18(23)12-17-14(3)27-19(22-17)15-8-6-5-7-9-15/h5-9,13,16H,10-12H2,1-4H3,(H,21,23). The van der Waals surface area contributed by atoms with Crippen LogP contribution in [0, 0.1) is 6.92 Å². The van der Waals surface area contributed by atoms with E-state index in [0.29, 0.717) is 6.42 Å². The lowest BCUT2D eigenvalue weighted by molar-refractivity contribution is -0.151. The summed E-state index contributed by atoms with van der Waals surface area (Å²) in [4.78, 5) is 30.4. The molecule has 0 aliphatic carbocycles. The number of esters is 1. The molecule has 0 aliphatic heterocycles.